The van der Waals surface area contributed by atoms with Gasteiger partial charge in [0.2, 0.25) is 0 Å². The molecule has 0 atom stereocenters. The van der Waals surface area contributed by atoms with Crippen LogP contribution in [0.4, 0.5) is 14.6 Å². The molecule has 0 spiro atoms. The van der Waals surface area contributed by atoms with Crippen LogP contribution in [0.25, 0.3) is 0 Å². The van der Waals surface area contributed by atoms with Gasteiger partial charge in [-0.2, -0.15) is 5.26 Å². The minimum atomic E-state index is -2.91. The summed E-state index contributed by atoms with van der Waals surface area (Å²) in [5.74, 6) is -1.12. The molecule has 0 saturated heterocycles. The lowest BCUT2D eigenvalue weighted by Gasteiger charge is -2.11. The van der Waals surface area contributed by atoms with E-state index in [-0.39, 0.29) is 11.1 Å². The predicted octanol–water partition coefficient (Wildman–Crippen LogP) is 1.19. The second kappa shape index (κ2) is 5.21. The highest BCUT2D eigenvalue weighted by Gasteiger charge is 2.23. The number of carbonyl (C=O) groups excluding carboxylic acids is 1. The van der Waals surface area contributed by atoms with Crippen molar-refractivity contribution in [1.29, 1.82) is 5.26 Å². The van der Waals surface area contributed by atoms with Crippen molar-refractivity contribution in [3.63, 3.8) is 0 Å². The third-order valence-electron chi connectivity index (χ3n) is 2.15. The van der Waals surface area contributed by atoms with Crippen LogP contribution in [0, 0.1) is 11.3 Å². The van der Waals surface area contributed by atoms with Crippen molar-refractivity contribution in [2.75, 3.05) is 12.8 Å². The van der Waals surface area contributed by atoms with Gasteiger partial charge in [-0.3, -0.25) is 4.79 Å². The van der Waals surface area contributed by atoms with E-state index in [0.29, 0.717) is 0 Å². The fourth-order valence-electron chi connectivity index (χ4n) is 1.33. The summed E-state index contributed by atoms with van der Waals surface area (Å²) < 4.78 is 29.9. The van der Waals surface area contributed by atoms with Gasteiger partial charge >= 0.3 is 5.97 Å². The predicted molar refractivity (Wildman–Crippen MR) is 54.0 cm³/mol. The van der Waals surface area contributed by atoms with Gasteiger partial charge in [0, 0.05) is 6.20 Å². The van der Waals surface area contributed by atoms with Crippen molar-refractivity contribution >= 4 is 11.8 Å². The number of ether oxygens (including phenoxy) is 1. The van der Waals surface area contributed by atoms with Crippen molar-refractivity contribution in [3.8, 4) is 6.07 Å². The second-order valence-electron chi connectivity index (χ2n) is 3.11. The first kappa shape index (κ1) is 12.8. The van der Waals surface area contributed by atoms with Crippen LogP contribution in [-0.2, 0) is 16.0 Å². The molecule has 0 saturated carbocycles. The lowest BCUT2D eigenvalue weighted by Crippen LogP contribution is -2.12. The lowest BCUT2D eigenvalue weighted by molar-refractivity contribution is -0.139. The van der Waals surface area contributed by atoms with Gasteiger partial charge in [0.1, 0.15) is 11.9 Å². The Morgan fingerprint density at radius 3 is 2.82 bits per heavy atom. The van der Waals surface area contributed by atoms with Gasteiger partial charge in [-0.15, -0.1) is 0 Å². The zero-order valence-corrected chi connectivity index (χ0v) is 8.91. The van der Waals surface area contributed by atoms with E-state index in [1.165, 1.54) is 0 Å². The fraction of sp³-hybridized carbons (Fsp3) is 0.300. The number of aromatic nitrogens is 1. The molecular weight excluding hydrogens is 232 g/mol. The topological polar surface area (TPSA) is 89.0 Å². The molecule has 17 heavy (non-hydrogen) atoms. The molecule has 0 amide bonds. The summed E-state index contributed by atoms with van der Waals surface area (Å²) in [7, 11) is 1.13. The molecule has 2 N–H and O–H groups in total. The number of hydrogen-bond acceptors (Lipinski definition) is 5. The van der Waals surface area contributed by atoms with Gasteiger partial charge in [-0.25, -0.2) is 13.8 Å². The van der Waals surface area contributed by atoms with E-state index in [9.17, 15) is 13.6 Å². The maximum atomic E-state index is 12.8. The summed E-state index contributed by atoms with van der Waals surface area (Å²) in [6.45, 7) is 0. The van der Waals surface area contributed by atoms with Crippen LogP contribution in [0.15, 0.2) is 6.20 Å². The number of nitrogen functional groups attached to an aromatic ring is 1. The number of esters is 1. The number of carbonyl (C=O) groups is 1. The van der Waals surface area contributed by atoms with Gasteiger partial charge in [-0.05, 0) is 5.56 Å². The molecule has 0 aliphatic rings. The van der Waals surface area contributed by atoms with E-state index >= 15 is 0 Å². The number of methoxy groups -OCH3 is 1. The molecule has 7 heteroatoms. The first-order valence-corrected chi connectivity index (χ1v) is 4.53. The molecule has 90 valence electrons. The number of pyridine rings is 1. The van der Waals surface area contributed by atoms with E-state index in [4.69, 9.17) is 11.0 Å². The molecule has 0 aliphatic carbocycles. The Hall–Kier alpha value is -2.23. The van der Waals surface area contributed by atoms with E-state index in [0.717, 1.165) is 13.3 Å². The molecule has 1 aromatic rings. The highest BCUT2D eigenvalue weighted by atomic mass is 19.3. The Morgan fingerprint density at radius 2 is 2.35 bits per heavy atom. The smallest absolute Gasteiger partial charge is 0.310 e. The van der Waals surface area contributed by atoms with E-state index in [1.807, 2.05) is 0 Å². The monoisotopic (exact) mass is 241 g/mol. The minimum Gasteiger partial charge on any atom is -0.469 e. The number of anilines is 1. The largest absolute Gasteiger partial charge is 0.469 e. The Labute approximate surface area is 95.8 Å². The van der Waals surface area contributed by atoms with E-state index in [1.54, 1.807) is 6.07 Å². The lowest BCUT2D eigenvalue weighted by atomic mass is 10.0. The van der Waals surface area contributed by atoms with Crippen LogP contribution in [-0.4, -0.2) is 18.1 Å². The summed E-state index contributed by atoms with van der Waals surface area (Å²) >= 11 is 0. The summed E-state index contributed by atoms with van der Waals surface area (Å²) in [6, 6.07) is 1.69. The summed E-state index contributed by atoms with van der Waals surface area (Å²) in [5.41, 5.74) is 4.47. The number of nitriles is 1. The van der Waals surface area contributed by atoms with Crippen LogP contribution in [0.3, 0.4) is 0 Å². The van der Waals surface area contributed by atoms with E-state index < -0.39 is 30.2 Å². The average molecular weight is 241 g/mol. The third-order valence-corrected chi connectivity index (χ3v) is 2.15. The van der Waals surface area contributed by atoms with Crippen LogP contribution >= 0.6 is 0 Å². The number of nitrogens with zero attached hydrogens (tertiary/aromatic N) is 2. The normalized spacial score (nSPS) is 10.1. The molecule has 1 aromatic heterocycles. The van der Waals surface area contributed by atoms with Crippen LogP contribution in [0.2, 0.25) is 0 Å². The van der Waals surface area contributed by atoms with Crippen molar-refractivity contribution in [1.82, 2.24) is 4.98 Å². The van der Waals surface area contributed by atoms with Crippen molar-refractivity contribution in [3.05, 3.63) is 22.9 Å². The molecule has 0 unspecified atom stereocenters. The van der Waals surface area contributed by atoms with Gasteiger partial charge in [0.15, 0.2) is 0 Å². The maximum Gasteiger partial charge on any atom is 0.310 e. The molecule has 0 aliphatic heterocycles. The van der Waals surface area contributed by atoms with Crippen molar-refractivity contribution in [2.45, 2.75) is 12.8 Å². The fourth-order valence-corrected chi connectivity index (χ4v) is 1.33. The molecule has 0 radical (unpaired) electrons. The Balaban J connectivity index is 3.36. The maximum absolute atomic E-state index is 12.8. The molecule has 1 rings (SSSR count). The standard InChI is InChI=1S/C10H9F2N3O2/c1-17-7(16)2-6-5(3-13)4-15-10(14)8(6)9(11)12/h4,9H,2H2,1H3,(H2,14,15). The molecule has 0 aromatic carbocycles. The molecule has 5 nitrogen and oxygen atoms in total. The first-order chi connectivity index (χ1) is 8.01. The van der Waals surface area contributed by atoms with Crippen LogP contribution in [0.5, 0.6) is 0 Å². The third kappa shape index (κ3) is 2.66. The molecule has 0 fully saturated rings. The quantitative estimate of drug-likeness (QED) is 0.803. The second-order valence-corrected chi connectivity index (χ2v) is 3.11. The van der Waals surface area contributed by atoms with Gasteiger partial charge in [-0.1, -0.05) is 0 Å². The zero-order valence-electron chi connectivity index (χ0n) is 8.91. The Kier molecular flexibility index (Phi) is 3.93. The number of alkyl halides is 2. The number of hydrogen-bond donors (Lipinski definition) is 1. The Bertz CT molecular complexity index is 483. The highest BCUT2D eigenvalue weighted by molar-refractivity contribution is 5.75. The SMILES string of the molecule is COC(=O)Cc1c(C#N)cnc(N)c1C(F)F. The summed E-state index contributed by atoms with van der Waals surface area (Å²) in [6.07, 6.45) is -2.29. The molecular formula is C10H9F2N3O2. The average Bonchev–Trinajstić information content (AvgIpc) is 2.28. The van der Waals surface area contributed by atoms with Crippen molar-refractivity contribution < 1.29 is 18.3 Å². The van der Waals surface area contributed by atoms with Gasteiger partial charge < -0.3 is 10.5 Å². The van der Waals surface area contributed by atoms with Crippen molar-refractivity contribution in [2.24, 2.45) is 0 Å². The van der Waals surface area contributed by atoms with Gasteiger partial charge in [0.05, 0.1) is 24.7 Å². The Morgan fingerprint density at radius 1 is 1.71 bits per heavy atom. The summed E-state index contributed by atoms with van der Waals surface area (Å²) in [5, 5.41) is 8.77. The highest BCUT2D eigenvalue weighted by Crippen LogP contribution is 2.29. The number of nitrogens with two attached hydrogens (primary N) is 1. The van der Waals surface area contributed by atoms with Gasteiger partial charge in [0.25, 0.3) is 6.43 Å². The number of rotatable bonds is 3. The van der Waals surface area contributed by atoms with E-state index in [2.05, 4.69) is 9.72 Å². The zero-order chi connectivity index (χ0) is 13.0. The summed E-state index contributed by atoms with van der Waals surface area (Å²) in [4.78, 5) is 14.6. The number of halogens is 2. The molecule has 0 bridgehead atoms. The minimum absolute atomic E-state index is 0.111. The molecule has 1 heterocycles. The van der Waals surface area contributed by atoms with Crippen LogP contribution < -0.4 is 5.73 Å². The van der Waals surface area contributed by atoms with Crippen LogP contribution in [0.1, 0.15) is 23.1 Å². The first-order valence-electron chi connectivity index (χ1n) is 4.53.